The van der Waals surface area contributed by atoms with Crippen LogP contribution in [0, 0.1) is 6.92 Å². The fourth-order valence-electron chi connectivity index (χ4n) is 2.41. The van der Waals surface area contributed by atoms with Crippen LogP contribution in [0.2, 0.25) is 0 Å². The van der Waals surface area contributed by atoms with Crippen molar-refractivity contribution >= 4 is 33.2 Å². The number of amides is 1. The van der Waals surface area contributed by atoms with Gasteiger partial charge in [-0.2, -0.15) is 18.3 Å². The van der Waals surface area contributed by atoms with Gasteiger partial charge in [-0.15, -0.1) is 11.3 Å². The average molecular weight is 437 g/mol. The zero-order chi connectivity index (χ0) is 18.4. The first kappa shape index (κ1) is 18.4. The third kappa shape index (κ3) is 3.89. The molecular weight excluding hydrogens is 421 g/mol. The van der Waals surface area contributed by atoms with E-state index in [1.54, 1.807) is 11.3 Å². The molecule has 1 amide bonds. The molecule has 1 N–H and O–H groups in total. The number of nitrogens with zero attached hydrogens (tertiary/aromatic N) is 3. The molecular formula is C15H16BrF3N4OS. The maximum atomic E-state index is 12.9. The summed E-state index contributed by atoms with van der Waals surface area (Å²) in [4.78, 5) is 16.8. The van der Waals surface area contributed by atoms with Gasteiger partial charge in [-0.05, 0) is 42.6 Å². The van der Waals surface area contributed by atoms with Crippen molar-refractivity contribution < 1.29 is 18.0 Å². The molecule has 0 saturated heterocycles. The Balaban J connectivity index is 1.67. The first-order chi connectivity index (χ1) is 11.7. The SMILES string of the molecule is Cc1c(Br)c(C(F)(F)F)nn1C(C)C(=O)NCc1csc(C2CC2)n1. The Hall–Kier alpha value is -1.42. The summed E-state index contributed by atoms with van der Waals surface area (Å²) in [6.07, 6.45) is -2.26. The molecule has 1 atom stereocenters. The molecule has 1 aliphatic rings. The van der Waals surface area contributed by atoms with Crippen LogP contribution in [0.4, 0.5) is 13.2 Å². The molecule has 0 aliphatic heterocycles. The average Bonchev–Trinajstić information content (AvgIpc) is 3.21. The minimum absolute atomic E-state index is 0.145. The van der Waals surface area contributed by atoms with E-state index in [0.717, 1.165) is 28.2 Å². The van der Waals surface area contributed by atoms with E-state index in [9.17, 15) is 18.0 Å². The highest BCUT2D eigenvalue weighted by Gasteiger charge is 2.39. The Kier molecular flexibility index (Phi) is 4.93. The Labute approximate surface area is 154 Å². The van der Waals surface area contributed by atoms with Crippen molar-refractivity contribution in [3.63, 3.8) is 0 Å². The minimum atomic E-state index is -4.58. The third-order valence-corrected chi connectivity index (χ3v) is 6.04. The zero-order valence-electron chi connectivity index (χ0n) is 13.5. The summed E-state index contributed by atoms with van der Waals surface area (Å²) < 4.78 is 39.7. The van der Waals surface area contributed by atoms with Gasteiger partial charge >= 0.3 is 6.18 Å². The number of halogens is 4. The van der Waals surface area contributed by atoms with Gasteiger partial charge in [-0.25, -0.2) is 4.98 Å². The summed E-state index contributed by atoms with van der Waals surface area (Å²) in [5.74, 6) is 0.144. The highest BCUT2D eigenvalue weighted by atomic mass is 79.9. The zero-order valence-corrected chi connectivity index (χ0v) is 15.9. The van der Waals surface area contributed by atoms with Gasteiger partial charge in [0, 0.05) is 11.3 Å². The lowest BCUT2D eigenvalue weighted by atomic mass is 10.3. The van der Waals surface area contributed by atoms with Crippen LogP contribution in [0.1, 0.15) is 53.8 Å². The summed E-state index contributed by atoms with van der Waals surface area (Å²) in [6.45, 7) is 3.25. The molecule has 0 aromatic carbocycles. The van der Waals surface area contributed by atoms with Gasteiger partial charge in [0.1, 0.15) is 6.04 Å². The van der Waals surface area contributed by atoms with Crippen LogP contribution in [0.5, 0.6) is 0 Å². The highest BCUT2D eigenvalue weighted by molar-refractivity contribution is 9.10. The fourth-order valence-corrected chi connectivity index (χ4v) is 3.89. The van der Waals surface area contributed by atoms with Gasteiger partial charge in [0.25, 0.3) is 0 Å². The summed E-state index contributed by atoms with van der Waals surface area (Å²) in [5.41, 5.74) is -0.0142. The second kappa shape index (κ2) is 6.71. The molecule has 0 bridgehead atoms. The molecule has 0 radical (unpaired) electrons. The number of alkyl halides is 3. The molecule has 2 heterocycles. The monoisotopic (exact) mass is 436 g/mol. The van der Waals surface area contributed by atoms with Crippen LogP contribution in [0.3, 0.4) is 0 Å². The Morgan fingerprint density at radius 2 is 2.20 bits per heavy atom. The van der Waals surface area contributed by atoms with Crippen molar-refractivity contribution in [2.24, 2.45) is 0 Å². The number of thiazole rings is 1. The Morgan fingerprint density at radius 1 is 1.52 bits per heavy atom. The number of hydrogen-bond donors (Lipinski definition) is 1. The van der Waals surface area contributed by atoms with Gasteiger partial charge < -0.3 is 5.32 Å². The smallest absolute Gasteiger partial charge is 0.349 e. The number of carbonyl (C=O) groups excluding carboxylic acids is 1. The number of rotatable bonds is 5. The second-order valence-corrected chi connectivity index (χ2v) is 7.72. The lowest BCUT2D eigenvalue weighted by Gasteiger charge is -2.14. The van der Waals surface area contributed by atoms with Crippen molar-refractivity contribution in [3.8, 4) is 0 Å². The number of nitrogens with one attached hydrogen (secondary N) is 1. The summed E-state index contributed by atoms with van der Waals surface area (Å²) in [7, 11) is 0. The lowest BCUT2D eigenvalue weighted by molar-refractivity contribution is -0.142. The van der Waals surface area contributed by atoms with Crippen LogP contribution in [0.25, 0.3) is 0 Å². The number of carbonyl (C=O) groups is 1. The van der Waals surface area contributed by atoms with Crippen LogP contribution >= 0.6 is 27.3 Å². The van der Waals surface area contributed by atoms with Crippen LogP contribution in [-0.2, 0) is 17.5 Å². The van der Waals surface area contributed by atoms with E-state index in [4.69, 9.17) is 0 Å². The molecule has 2 aromatic heterocycles. The maximum absolute atomic E-state index is 12.9. The van der Waals surface area contributed by atoms with Crippen LogP contribution in [-0.4, -0.2) is 20.7 Å². The second-order valence-electron chi connectivity index (χ2n) is 6.04. The largest absolute Gasteiger partial charge is 0.436 e. The molecule has 3 rings (SSSR count). The summed E-state index contributed by atoms with van der Waals surface area (Å²) >= 11 is 4.48. The van der Waals surface area contributed by atoms with Crippen molar-refractivity contribution in [3.05, 3.63) is 31.9 Å². The van der Waals surface area contributed by atoms with Crippen LogP contribution < -0.4 is 5.32 Å². The fraction of sp³-hybridized carbons (Fsp3) is 0.533. The van der Waals surface area contributed by atoms with Crippen molar-refractivity contribution in [1.82, 2.24) is 20.1 Å². The molecule has 10 heteroatoms. The van der Waals surface area contributed by atoms with Crippen molar-refractivity contribution in [2.45, 2.75) is 51.4 Å². The quantitative estimate of drug-likeness (QED) is 0.764. The third-order valence-electron chi connectivity index (χ3n) is 4.03. The van der Waals surface area contributed by atoms with E-state index < -0.39 is 23.8 Å². The summed E-state index contributed by atoms with van der Waals surface area (Å²) in [5, 5.41) is 9.26. The molecule has 1 aliphatic carbocycles. The van der Waals surface area contributed by atoms with E-state index in [1.165, 1.54) is 13.8 Å². The number of aromatic nitrogens is 3. The maximum Gasteiger partial charge on any atom is 0.436 e. The van der Waals surface area contributed by atoms with Crippen LogP contribution in [0.15, 0.2) is 9.85 Å². The topological polar surface area (TPSA) is 59.8 Å². The van der Waals surface area contributed by atoms with Gasteiger partial charge in [-0.1, -0.05) is 0 Å². The summed E-state index contributed by atoms with van der Waals surface area (Å²) in [6, 6.07) is -0.867. The molecule has 2 aromatic rings. The molecule has 0 spiro atoms. The number of hydrogen-bond acceptors (Lipinski definition) is 4. The molecule has 5 nitrogen and oxygen atoms in total. The van der Waals surface area contributed by atoms with Gasteiger partial charge in [0.05, 0.1) is 27.4 Å². The minimum Gasteiger partial charge on any atom is -0.349 e. The van der Waals surface area contributed by atoms with Gasteiger partial charge in [0.15, 0.2) is 5.69 Å². The highest BCUT2D eigenvalue weighted by Crippen LogP contribution is 2.41. The van der Waals surface area contributed by atoms with E-state index >= 15 is 0 Å². The molecule has 1 unspecified atom stereocenters. The first-order valence-corrected chi connectivity index (χ1v) is 9.39. The van der Waals surface area contributed by atoms with E-state index in [0.29, 0.717) is 5.92 Å². The Morgan fingerprint density at radius 3 is 2.76 bits per heavy atom. The molecule has 136 valence electrons. The molecule has 25 heavy (non-hydrogen) atoms. The van der Waals surface area contributed by atoms with Crippen molar-refractivity contribution in [2.75, 3.05) is 0 Å². The van der Waals surface area contributed by atoms with E-state index in [-0.39, 0.29) is 16.7 Å². The first-order valence-electron chi connectivity index (χ1n) is 7.72. The van der Waals surface area contributed by atoms with Crippen molar-refractivity contribution in [1.29, 1.82) is 0 Å². The molecule has 1 saturated carbocycles. The van der Waals surface area contributed by atoms with E-state index in [1.807, 2.05) is 5.38 Å². The lowest BCUT2D eigenvalue weighted by Crippen LogP contribution is -2.31. The Bertz CT molecular complexity index is 797. The normalized spacial score (nSPS) is 16.1. The van der Waals surface area contributed by atoms with E-state index in [2.05, 4.69) is 31.3 Å². The van der Waals surface area contributed by atoms with Gasteiger partial charge in [-0.3, -0.25) is 9.48 Å². The standard InChI is InChI=1S/C15H16BrF3N4OS/c1-7-11(16)12(15(17,18)19)22-23(7)8(2)13(24)20-5-10-6-25-14(21-10)9-3-4-9/h6,8-9H,3-5H2,1-2H3,(H,20,24). The predicted octanol–water partition coefficient (Wildman–Crippen LogP) is 4.18. The molecule has 1 fully saturated rings. The van der Waals surface area contributed by atoms with Gasteiger partial charge in [0.2, 0.25) is 5.91 Å². The predicted molar refractivity (Wildman–Crippen MR) is 90.3 cm³/mol.